The van der Waals surface area contributed by atoms with Gasteiger partial charge < -0.3 is 14.0 Å². The van der Waals surface area contributed by atoms with Gasteiger partial charge in [0.25, 0.3) is 11.5 Å². The molecule has 0 spiro atoms. The fourth-order valence-electron chi connectivity index (χ4n) is 2.84. The minimum atomic E-state index is -0.259. The Morgan fingerprint density at radius 2 is 1.96 bits per heavy atom. The Morgan fingerprint density at radius 1 is 1.22 bits per heavy atom. The van der Waals surface area contributed by atoms with E-state index in [2.05, 4.69) is 28.6 Å². The second-order valence-electron chi connectivity index (χ2n) is 6.26. The van der Waals surface area contributed by atoms with Crippen molar-refractivity contribution in [1.82, 2.24) is 24.2 Å². The van der Waals surface area contributed by atoms with Crippen molar-refractivity contribution >= 4 is 5.91 Å². The third-order valence-corrected chi connectivity index (χ3v) is 4.37. The van der Waals surface area contributed by atoms with Crippen LogP contribution in [0.5, 0.6) is 0 Å². The molecule has 1 aliphatic rings. The number of hydrogen-bond acceptors (Lipinski definition) is 4. The Hall–Kier alpha value is -2.44. The van der Waals surface area contributed by atoms with Crippen molar-refractivity contribution in [2.24, 2.45) is 7.05 Å². The van der Waals surface area contributed by atoms with Gasteiger partial charge in [-0.1, -0.05) is 13.8 Å². The molecule has 0 fully saturated rings. The molecule has 0 radical (unpaired) electrons. The van der Waals surface area contributed by atoms with Crippen LogP contribution in [0.15, 0.2) is 16.9 Å². The third kappa shape index (κ3) is 2.56. The first-order valence-electron chi connectivity index (χ1n) is 7.78. The van der Waals surface area contributed by atoms with Gasteiger partial charge in [0.05, 0.1) is 6.54 Å². The molecule has 0 N–H and O–H groups in total. The van der Waals surface area contributed by atoms with E-state index in [0.717, 1.165) is 17.3 Å². The van der Waals surface area contributed by atoms with Gasteiger partial charge >= 0.3 is 0 Å². The fraction of sp³-hybridized carbons (Fsp3) is 0.500. The molecule has 0 saturated heterocycles. The molecule has 2 aromatic rings. The molecule has 23 heavy (non-hydrogen) atoms. The first-order chi connectivity index (χ1) is 10.9. The summed E-state index contributed by atoms with van der Waals surface area (Å²) in [4.78, 5) is 26.7. The van der Waals surface area contributed by atoms with Crippen LogP contribution in [-0.2, 0) is 20.1 Å². The van der Waals surface area contributed by atoms with E-state index in [9.17, 15) is 9.59 Å². The molecule has 7 nitrogen and oxygen atoms in total. The van der Waals surface area contributed by atoms with E-state index < -0.39 is 0 Å². The number of hydrogen-bond donors (Lipinski definition) is 0. The summed E-state index contributed by atoms with van der Waals surface area (Å²) < 4.78 is 3.57. The predicted octanol–water partition coefficient (Wildman–Crippen LogP) is 1.06. The molecule has 0 unspecified atom stereocenters. The first-order valence-corrected chi connectivity index (χ1v) is 7.78. The van der Waals surface area contributed by atoms with E-state index in [1.54, 1.807) is 24.1 Å². The Kier molecular flexibility index (Phi) is 3.79. The van der Waals surface area contributed by atoms with E-state index >= 15 is 0 Å². The van der Waals surface area contributed by atoms with Gasteiger partial charge in [0.2, 0.25) is 0 Å². The zero-order valence-corrected chi connectivity index (χ0v) is 13.9. The second-order valence-corrected chi connectivity index (χ2v) is 6.26. The van der Waals surface area contributed by atoms with Crippen LogP contribution in [0.25, 0.3) is 0 Å². The molecule has 2 aromatic heterocycles. The molecule has 0 aliphatic carbocycles. The lowest BCUT2D eigenvalue weighted by atomic mass is 10.2. The smallest absolute Gasteiger partial charge is 0.263 e. The molecule has 7 heteroatoms. The van der Waals surface area contributed by atoms with Gasteiger partial charge in [-0.05, 0) is 19.1 Å². The summed E-state index contributed by atoms with van der Waals surface area (Å²) in [5, 5.41) is 8.41. The van der Waals surface area contributed by atoms with Gasteiger partial charge in [-0.2, -0.15) is 0 Å². The maximum absolute atomic E-state index is 12.7. The Balaban J connectivity index is 1.88. The zero-order chi connectivity index (χ0) is 16.7. The average Bonchev–Trinajstić information content (AvgIpc) is 2.95. The van der Waals surface area contributed by atoms with Gasteiger partial charge in [-0.25, -0.2) is 0 Å². The maximum Gasteiger partial charge on any atom is 0.263 e. The Bertz CT molecular complexity index is 818. The summed E-state index contributed by atoms with van der Waals surface area (Å²) in [5.41, 5.74) is 0.770. The minimum Gasteiger partial charge on any atom is -0.329 e. The van der Waals surface area contributed by atoms with E-state index in [1.165, 1.54) is 4.57 Å². The summed E-state index contributed by atoms with van der Waals surface area (Å²) in [6.45, 7) is 7.59. The predicted molar refractivity (Wildman–Crippen MR) is 85.3 cm³/mol. The number of fused-ring (bicyclic) bond motifs is 1. The number of aryl methyl sites for hydroxylation is 1. The van der Waals surface area contributed by atoms with Gasteiger partial charge in [-0.15, -0.1) is 10.2 Å². The maximum atomic E-state index is 12.7. The molecule has 1 amide bonds. The second kappa shape index (κ2) is 5.64. The summed E-state index contributed by atoms with van der Waals surface area (Å²) >= 11 is 0. The van der Waals surface area contributed by atoms with Crippen molar-refractivity contribution < 1.29 is 4.79 Å². The number of pyridine rings is 1. The largest absolute Gasteiger partial charge is 0.329 e. The summed E-state index contributed by atoms with van der Waals surface area (Å²) in [7, 11) is 1.68. The lowest BCUT2D eigenvalue weighted by Crippen LogP contribution is -2.41. The molecule has 3 heterocycles. The van der Waals surface area contributed by atoms with Gasteiger partial charge in [0.15, 0.2) is 5.82 Å². The number of carbonyl (C=O) groups excluding carboxylic acids is 1. The monoisotopic (exact) mass is 315 g/mol. The van der Waals surface area contributed by atoms with E-state index in [-0.39, 0.29) is 17.0 Å². The highest BCUT2D eigenvalue weighted by Gasteiger charge is 2.27. The normalized spacial score (nSPS) is 14.2. The van der Waals surface area contributed by atoms with E-state index in [0.29, 0.717) is 25.6 Å². The molecule has 0 bridgehead atoms. The molecule has 0 atom stereocenters. The Morgan fingerprint density at radius 3 is 2.65 bits per heavy atom. The van der Waals surface area contributed by atoms with E-state index in [4.69, 9.17) is 0 Å². The first kappa shape index (κ1) is 15.5. The lowest BCUT2D eigenvalue weighted by Gasteiger charge is -2.28. The number of amides is 1. The molecular formula is C16H21N5O2. The van der Waals surface area contributed by atoms with Crippen molar-refractivity contribution in [3.63, 3.8) is 0 Å². The molecule has 1 aliphatic heterocycles. The standard InChI is InChI=1S/C16H21N5O2/c1-10(2)14-18-17-13-9-20(7-8-21(13)14)16(23)12-6-5-11(3)19(4)15(12)22/h5-6,10H,7-9H2,1-4H3. The highest BCUT2D eigenvalue weighted by atomic mass is 16.2. The van der Waals surface area contributed by atoms with Crippen molar-refractivity contribution in [1.29, 1.82) is 0 Å². The number of aromatic nitrogens is 4. The van der Waals surface area contributed by atoms with Crippen LogP contribution in [-0.4, -0.2) is 36.7 Å². The van der Waals surface area contributed by atoms with Crippen molar-refractivity contribution in [3.05, 3.63) is 45.4 Å². The van der Waals surface area contributed by atoms with Crippen LogP contribution >= 0.6 is 0 Å². The third-order valence-electron chi connectivity index (χ3n) is 4.37. The number of carbonyl (C=O) groups is 1. The summed E-state index contributed by atoms with van der Waals surface area (Å²) in [6.07, 6.45) is 0. The van der Waals surface area contributed by atoms with Crippen LogP contribution in [0, 0.1) is 6.92 Å². The quantitative estimate of drug-likeness (QED) is 0.831. The van der Waals surface area contributed by atoms with Crippen LogP contribution in [0.1, 0.15) is 47.5 Å². The van der Waals surface area contributed by atoms with Gasteiger partial charge in [0, 0.05) is 31.7 Å². The molecule has 3 rings (SSSR count). The summed E-state index contributed by atoms with van der Waals surface area (Å²) in [5.74, 6) is 1.77. The Labute approximate surface area is 134 Å². The van der Waals surface area contributed by atoms with Crippen molar-refractivity contribution in [2.75, 3.05) is 6.54 Å². The van der Waals surface area contributed by atoms with Crippen LogP contribution in [0.4, 0.5) is 0 Å². The highest BCUT2D eigenvalue weighted by Crippen LogP contribution is 2.19. The van der Waals surface area contributed by atoms with Crippen molar-refractivity contribution in [2.45, 2.75) is 39.8 Å². The van der Waals surface area contributed by atoms with Crippen LogP contribution in [0.3, 0.4) is 0 Å². The van der Waals surface area contributed by atoms with Crippen LogP contribution < -0.4 is 5.56 Å². The fourth-order valence-corrected chi connectivity index (χ4v) is 2.84. The van der Waals surface area contributed by atoms with E-state index in [1.807, 2.05) is 6.92 Å². The SMILES string of the molecule is Cc1ccc(C(=O)N2CCn3c(nnc3C(C)C)C2)c(=O)n1C. The molecule has 122 valence electrons. The number of rotatable bonds is 2. The van der Waals surface area contributed by atoms with Crippen LogP contribution in [0.2, 0.25) is 0 Å². The average molecular weight is 315 g/mol. The minimum absolute atomic E-state index is 0.204. The zero-order valence-electron chi connectivity index (χ0n) is 13.9. The molecule has 0 saturated carbocycles. The van der Waals surface area contributed by atoms with Gasteiger partial charge in [-0.3, -0.25) is 9.59 Å². The topological polar surface area (TPSA) is 73.0 Å². The highest BCUT2D eigenvalue weighted by molar-refractivity contribution is 5.93. The molecular weight excluding hydrogens is 294 g/mol. The summed E-state index contributed by atoms with van der Waals surface area (Å²) in [6, 6.07) is 3.40. The van der Waals surface area contributed by atoms with Crippen molar-refractivity contribution in [3.8, 4) is 0 Å². The van der Waals surface area contributed by atoms with Gasteiger partial charge in [0.1, 0.15) is 11.4 Å². The lowest BCUT2D eigenvalue weighted by molar-refractivity contribution is 0.0704. The number of nitrogens with zero attached hydrogens (tertiary/aromatic N) is 5. The molecule has 0 aromatic carbocycles.